The number of hydrogen-bond donors (Lipinski definition) is 0. The Morgan fingerprint density at radius 1 is 1.47 bits per heavy atom. The predicted molar refractivity (Wildman–Crippen MR) is 57.5 cm³/mol. The molecule has 77 valence electrons. The molecule has 2 aromatic rings. The van der Waals surface area contributed by atoms with Crippen LogP contribution in [-0.4, -0.2) is 17.1 Å². The van der Waals surface area contributed by atoms with Crippen LogP contribution in [0.1, 0.15) is 0 Å². The van der Waals surface area contributed by atoms with Gasteiger partial charge in [-0.3, -0.25) is 0 Å². The summed E-state index contributed by atoms with van der Waals surface area (Å²) in [5, 5.41) is 10.00. The third-order valence-electron chi connectivity index (χ3n) is 1.63. The maximum Gasteiger partial charge on any atom is 0.550 e. The van der Waals surface area contributed by atoms with Crippen LogP contribution in [0.2, 0.25) is 0 Å². The minimum absolute atomic E-state index is 0.0160. The highest BCUT2D eigenvalue weighted by atomic mass is 32.2. The Morgan fingerprint density at radius 2 is 2.27 bits per heavy atom. The van der Waals surface area contributed by atoms with Crippen LogP contribution in [0.4, 0.5) is 4.79 Å². The molecule has 0 amide bonds. The van der Waals surface area contributed by atoms with Crippen LogP contribution >= 0.6 is 23.1 Å². The second kappa shape index (κ2) is 4.50. The van der Waals surface area contributed by atoms with E-state index in [1.165, 1.54) is 23.1 Å². The van der Waals surface area contributed by atoms with Gasteiger partial charge in [0.2, 0.25) is 0 Å². The standard InChI is InChI=1S/C9H6NO3S2/c11-9(12)13-5-14-8-10-6-3-1-2-4-7(6)15-8/h1-4H,5H2. The molecule has 0 saturated heterocycles. The Bertz CT molecular complexity index is 450. The fraction of sp³-hybridized carbons (Fsp3) is 0.111. The van der Waals surface area contributed by atoms with Gasteiger partial charge >= 0.3 is 6.16 Å². The number of thioether (sulfide) groups is 1. The van der Waals surface area contributed by atoms with E-state index in [1.807, 2.05) is 24.3 Å². The third kappa shape index (κ3) is 2.60. The zero-order chi connectivity index (χ0) is 10.7. The maximum absolute atomic E-state index is 10.00. The van der Waals surface area contributed by atoms with Crippen LogP contribution in [0.25, 0.3) is 10.2 Å². The topological polar surface area (TPSA) is 59.1 Å². The molecule has 6 heteroatoms. The molecule has 0 unspecified atom stereocenters. The van der Waals surface area contributed by atoms with Crippen molar-refractivity contribution in [1.82, 2.24) is 4.98 Å². The summed E-state index contributed by atoms with van der Waals surface area (Å²) < 4.78 is 6.14. The molecule has 0 aliphatic heterocycles. The van der Waals surface area contributed by atoms with Crippen LogP contribution < -0.4 is 0 Å². The van der Waals surface area contributed by atoms with Crippen molar-refractivity contribution in [1.29, 1.82) is 0 Å². The molecule has 2 rings (SSSR count). The monoisotopic (exact) mass is 240 g/mol. The lowest BCUT2D eigenvalue weighted by Crippen LogP contribution is -1.96. The van der Waals surface area contributed by atoms with Crippen LogP contribution in [-0.2, 0) is 9.84 Å². The van der Waals surface area contributed by atoms with Crippen molar-refractivity contribution in [3.8, 4) is 0 Å². The van der Waals surface area contributed by atoms with E-state index in [9.17, 15) is 9.90 Å². The molecular formula is C9H6NO3S2. The Morgan fingerprint density at radius 3 is 3.00 bits per heavy atom. The minimum atomic E-state index is -1.51. The molecular weight excluding hydrogens is 234 g/mol. The summed E-state index contributed by atoms with van der Waals surface area (Å²) >= 11 is 2.75. The van der Waals surface area contributed by atoms with Gasteiger partial charge in [0.1, 0.15) is 5.94 Å². The number of fused-ring (bicyclic) bond motifs is 1. The summed E-state index contributed by atoms with van der Waals surface area (Å²) in [4.78, 5) is 14.3. The summed E-state index contributed by atoms with van der Waals surface area (Å²) in [7, 11) is 0. The van der Waals surface area contributed by atoms with Crippen molar-refractivity contribution in [2.24, 2.45) is 0 Å². The van der Waals surface area contributed by atoms with Gasteiger partial charge in [0.25, 0.3) is 0 Å². The Labute approximate surface area is 93.9 Å². The molecule has 0 N–H and O–H groups in total. The quantitative estimate of drug-likeness (QED) is 0.470. The molecule has 0 atom stereocenters. The lowest BCUT2D eigenvalue weighted by Gasteiger charge is -1.93. The zero-order valence-corrected chi connectivity index (χ0v) is 9.14. The highest BCUT2D eigenvalue weighted by Gasteiger charge is 2.05. The van der Waals surface area contributed by atoms with Crippen LogP contribution in [0, 0.1) is 0 Å². The molecule has 0 aliphatic carbocycles. The third-order valence-corrected chi connectivity index (χ3v) is 3.64. The van der Waals surface area contributed by atoms with Gasteiger partial charge in [0.15, 0.2) is 4.34 Å². The number of rotatable bonds is 3. The molecule has 0 saturated carbocycles. The van der Waals surface area contributed by atoms with Gasteiger partial charge in [-0.05, 0) is 12.1 Å². The average Bonchev–Trinajstić information content (AvgIpc) is 2.59. The summed E-state index contributed by atoms with van der Waals surface area (Å²) in [6, 6.07) is 7.73. The Kier molecular flexibility index (Phi) is 3.08. The van der Waals surface area contributed by atoms with E-state index in [0.717, 1.165) is 14.6 Å². The van der Waals surface area contributed by atoms with Gasteiger partial charge in [-0.15, -0.1) is 11.3 Å². The van der Waals surface area contributed by atoms with Gasteiger partial charge < -0.3 is 4.74 Å². The summed E-state index contributed by atoms with van der Waals surface area (Å²) in [6.45, 7) is 0. The predicted octanol–water partition coefficient (Wildman–Crippen LogP) is 2.91. The smallest absolute Gasteiger partial charge is 0.420 e. The van der Waals surface area contributed by atoms with E-state index in [1.54, 1.807) is 0 Å². The molecule has 0 fully saturated rings. The first kappa shape index (κ1) is 10.3. The highest BCUT2D eigenvalue weighted by molar-refractivity contribution is 8.01. The van der Waals surface area contributed by atoms with E-state index in [2.05, 4.69) is 9.72 Å². The second-order valence-corrected chi connectivity index (χ2v) is 4.80. The van der Waals surface area contributed by atoms with Crippen molar-refractivity contribution in [3.05, 3.63) is 24.3 Å². The van der Waals surface area contributed by atoms with Gasteiger partial charge in [0.05, 0.1) is 10.2 Å². The number of benzene rings is 1. The number of carbonyl (C=O) groups excluding carboxylic acids is 1. The van der Waals surface area contributed by atoms with E-state index >= 15 is 0 Å². The number of ether oxygens (including phenoxy) is 1. The molecule has 0 spiro atoms. The van der Waals surface area contributed by atoms with Gasteiger partial charge in [-0.2, -0.15) is 9.90 Å². The Balaban J connectivity index is 2.05. The van der Waals surface area contributed by atoms with Crippen LogP contribution in [0.3, 0.4) is 0 Å². The summed E-state index contributed by atoms with van der Waals surface area (Å²) in [5.74, 6) is 0.0160. The van der Waals surface area contributed by atoms with Crippen LogP contribution in [0.5, 0.6) is 0 Å². The zero-order valence-electron chi connectivity index (χ0n) is 7.50. The van der Waals surface area contributed by atoms with E-state index in [4.69, 9.17) is 0 Å². The first-order valence-electron chi connectivity index (χ1n) is 4.08. The molecule has 1 heterocycles. The SMILES string of the molecule is [O]C(=O)OCSc1nc2ccccc2s1. The number of para-hydroxylation sites is 1. The molecule has 1 radical (unpaired) electrons. The van der Waals surface area contributed by atoms with E-state index < -0.39 is 6.16 Å². The molecule has 1 aromatic carbocycles. The molecule has 0 aliphatic rings. The van der Waals surface area contributed by atoms with Gasteiger partial charge in [-0.1, -0.05) is 23.9 Å². The lowest BCUT2D eigenvalue weighted by molar-refractivity contribution is 0.0831. The van der Waals surface area contributed by atoms with Gasteiger partial charge in [-0.25, -0.2) is 4.98 Å². The minimum Gasteiger partial charge on any atom is -0.420 e. The first-order valence-corrected chi connectivity index (χ1v) is 5.88. The van der Waals surface area contributed by atoms with Crippen molar-refractivity contribution < 1.29 is 14.6 Å². The fourth-order valence-electron chi connectivity index (χ4n) is 1.04. The summed E-state index contributed by atoms with van der Waals surface area (Å²) in [6.07, 6.45) is -1.51. The van der Waals surface area contributed by atoms with Crippen molar-refractivity contribution >= 4 is 39.5 Å². The van der Waals surface area contributed by atoms with Crippen molar-refractivity contribution in [2.45, 2.75) is 4.34 Å². The van der Waals surface area contributed by atoms with Crippen LogP contribution in [0.15, 0.2) is 28.6 Å². The lowest BCUT2D eigenvalue weighted by atomic mass is 10.3. The number of carbonyl (C=O) groups is 1. The fourth-order valence-corrected chi connectivity index (χ4v) is 2.81. The first-order chi connectivity index (χ1) is 7.25. The van der Waals surface area contributed by atoms with E-state index in [0.29, 0.717) is 0 Å². The van der Waals surface area contributed by atoms with Crippen molar-refractivity contribution in [2.75, 3.05) is 5.94 Å². The number of aromatic nitrogens is 1. The van der Waals surface area contributed by atoms with Crippen molar-refractivity contribution in [3.63, 3.8) is 0 Å². The Hall–Kier alpha value is -1.27. The number of thiazole rings is 1. The normalized spacial score (nSPS) is 10.4. The largest absolute Gasteiger partial charge is 0.550 e. The molecule has 0 bridgehead atoms. The van der Waals surface area contributed by atoms with E-state index in [-0.39, 0.29) is 5.94 Å². The molecule has 4 nitrogen and oxygen atoms in total. The number of nitrogens with zero attached hydrogens (tertiary/aromatic N) is 1. The molecule has 1 aromatic heterocycles. The molecule has 15 heavy (non-hydrogen) atoms. The van der Waals surface area contributed by atoms with Gasteiger partial charge in [0, 0.05) is 0 Å². The maximum atomic E-state index is 10.00. The second-order valence-electron chi connectivity index (χ2n) is 2.60. The number of hydrogen-bond acceptors (Lipinski definition) is 5. The summed E-state index contributed by atoms with van der Waals surface area (Å²) in [5.41, 5.74) is 0.915. The average molecular weight is 240 g/mol. The highest BCUT2D eigenvalue weighted by Crippen LogP contribution is 2.29.